The highest BCUT2D eigenvalue weighted by Gasteiger charge is 2.09. The summed E-state index contributed by atoms with van der Waals surface area (Å²) in [4.78, 5) is 16.0. The van der Waals surface area contributed by atoms with Crippen LogP contribution >= 0.6 is 0 Å². The molecule has 0 heterocycles. The standard InChI is InChI=1S/C18H30N2O2/c1-16(2)13-19(3)11-8-12-22-15-18(21)20(4)14-17-9-6-5-7-10-17/h5-7,9-10,16H,8,11-15H2,1-4H3. The highest BCUT2D eigenvalue weighted by Crippen LogP contribution is 2.03. The smallest absolute Gasteiger partial charge is 0.248 e. The molecule has 1 aromatic rings. The minimum Gasteiger partial charge on any atom is -0.372 e. The molecular formula is C18H30N2O2. The van der Waals surface area contributed by atoms with E-state index in [1.807, 2.05) is 37.4 Å². The molecule has 0 saturated carbocycles. The predicted octanol–water partition coefficient (Wildman–Crippen LogP) is 2.64. The van der Waals surface area contributed by atoms with Gasteiger partial charge in [0.15, 0.2) is 0 Å². The van der Waals surface area contributed by atoms with Gasteiger partial charge in [-0.05, 0) is 24.9 Å². The van der Waals surface area contributed by atoms with E-state index in [4.69, 9.17) is 4.74 Å². The third kappa shape index (κ3) is 8.15. The largest absolute Gasteiger partial charge is 0.372 e. The van der Waals surface area contributed by atoms with Crippen LogP contribution in [0.2, 0.25) is 0 Å². The van der Waals surface area contributed by atoms with Crippen molar-refractivity contribution in [1.29, 1.82) is 0 Å². The van der Waals surface area contributed by atoms with Crippen LogP contribution in [0.3, 0.4) is 0 Å². The predicted molar refractivity (Wildman–Crippen MR) is 90.7 cm³/mol. The van der Waals surface area contributed by atoms with E-state index < -0.39 is 0 Å². The van der Waals surface area contributed by atoms with Gasteiger partial charge in [-0.3, -0.25) is 4.79 Å². The van der Waals surface area contributed by atoms with E-state index in [2.05, 4.69) is 25.8 Å². The Labute approximate surface area is 135 Å². The molecule has 1 aromatic carbocycles. The topological polar surface area (TPSA) is 32.8 Å². The molecule has 0 spiro atoms. The summed E-state index contributed by atoms with van der Waals surface area (Å²) in [6.07, 6.45) is 0.957. The summed E-state index contributed by atoms with van der Waals surface area (Å²) in [5.41, 5.74) is 1.13. The Morgan fingerprint density at radius 1 is 1.18 bits per heavy atom. The number of ether oxygens (including phenoxy) is 1. The number of nitrogens with zero attached hydrogens (tertiary/aromatic N) is 2. The average molecular weight is 306 g/mol. The summed E-state index contributed by atoms with van der Waals surface area (Å²) in [6, 6.07) is 9.99. The molecule has 0 bridgehead atoms. The molecule has 0 N–H and O–H groups in total. The van der Waals surface area contributed by atoms with Gasteiger partial charge in [-0.2, -0.15) is 0 Å². The lowest BCUT2D eigenvalue weighted by Gasteiger charge is -2.19. The van der Waals surface area contributed by atoms with E-state index in [9.17, 15) is 4.79 Å². The van der Waals surface area contributed by atoms with Crippen molar-refractivity contribution in [2.45, 2.75) is 26.8 Å². The summed E-state index contributed by atoms with van der Waals surface area (Å²) in [5, 5.41) is 0. The molecule has 0 aliphatic heterocycles. The fourth-order valence-corrected chi connectivity index (χ4v) is 2.37. The van der Waals surface area contributed by atoms with Gasteiger partial charge in [-0.25, -0.2) is 0 Å². The second-order valence-electron chi connectivity index (χ2n) is 6.30. The molecule has 0 aliphatic rings. The van der Waals surface area contributed by atoms with Crippen molar-refractivity contribution in [2.24, 2.45) is 5.92 Å². The van der Waals surface area contributed by atoms with Crippen molar-refractivity contribution in [3.63, 3.8) is 0 Å². The molecule has 4 nitrogen and oxygen atoms in total. The second kappa shape index (κ2) is 10.4. The zero-order valence-electron chi connectivity index (χ0n) is 14.4. The van der Waals surface area contributed by atoms with Crippen LogP contribution in [0.4, 0.5) is 0 Å². The molecule has 0 fully saturated rings. The maximum Gasteiger partial charge on any atom is 0.248 e. The Balaban J connectivity index is 2.12. The van der Waals surface area contributed by atoms with Gasteiger partial charge in [0.1, 0.15) is 6.61 Å². The highest BCUT2D eigenvalue weighted by atomic mass is 16.5. The molecule has 0 radical (unpaired) electrons. The molecule has 22 heavy (non-hydrogen) atoms. The molecule has 1 rings (SSSR count). The van der Waals surface area contributed by atoms with E-state index in [1.54, 1.807) is 4.90 Å². The van der Waals surface area contributed by atoms with E-state index in [0.29, 0.717) is 19.1 Å². The van der Waals surface area contributed by atoms with Crippen molar-refractivity contribution in [1.82, 2.24) is 9.80 Å². The van der Waals surface area contributed by atoms with Crippen molar-refractivity contribution >= 4 is 5.91 Å². The first-order valence-electron chi connectivity index (χ1n) is 8.03. The van der Waals surface area contributed by atoms with Gasteiger partial charge in [0.25, 0.3) is 0 Å². The zero-order chi connectivity index (χ0) is 16.4. The second-order valence-corrected chi connectivity index (χ2v) is 6.30. The maximum atomic E-state index is 12.0. The van der Waals surface area contributed by atoms with Gasteiger partial charge in [-0.1, -0.05) is 44.2 Å². The normalized spacial score (nSPS) is 11.2. The molecule has 0 atom stereocenters. The van der Waals surface area contributed by atoms with Crippen LogP contribution in [-0.4, -0.2) is 56.1 Å². The van der Waals surface area contributed by atoms with Crippen LogP contribution < -0.4 is 0 Å². The van der Waals surface area contributed by atoms with E-state index in [-0.39, 0.29) is 12.5 Å². The quantitative estimate of drug-likeness (QED) is 0.623. The van der Waals surface area contributed by atoms with Gasteiger partial charge < -0.3 is 14.5 Å². The molecular weight excluding hydrogens is 276 g/mol. The fourth-order valence-electron chi connectivity index (χ4n) is 2.37. The van der Waals surface area contributed by atoms with Crippen molar-refractivity contribution in [3.05, 3.63) is 35.9 Å². The number of likely N-dealkylation sites (N-methyl/N-ethyl adjacent to an activating group) is 1. The molecule has 0 unspecified atom stereocenters. The summed E-state index contributed by atoms with van der Waals surface area (Å²) < 4.78 is 5.49. The fraction of sp³-hybridized carbons (Fsp3) is 0.611. The lowest BCUT2D eigenvalue weighted by Crippen LogP contribution is -2.30. The van der Waals surface area contributed by atoms with E-state index in [1.165, 1.54) is 0 Å². The van der Waals surface area contributed by atoms with Crippen LogP contribution in [0, 0.1) is 5.92 Å². The minimum atomic E-state index is 0.0272. The summed E-state index contributed by atoms with van der Waals surface area (Å²) in [5.74, 6) is 0.707. The van der Waals surface area contributed by atoms with Crippen LogP contribution in [0.1, 0.15) is 25.8 Å². The SMILES string of the molecule is CC(C)CN(C)CCCOCC(=O)N(C)Cc1ccccc1. The zero-order valence-corrected chi connectivity index (χ0v) is 14.4. The Kier molecular flexibility index (Phi) is 8.78. The van der Waals surface area contributed by atoms with Crippen LogP contribution in [0.25, 0.3) is 0 Å². The number of amides is 1. The van der Waals surface area contributed by atoms with Crippen molar-refractivity contribution in [2.75, 3.05) is 40.4 Å². The highest BCUT2D eigenvalue weighted by molar-refractivity contribution is 5.77. The molecule has 4 heteroatoms. The van der Waals surface area contributed by atoms with Gasteiger partial charge in [0.05, 0.1) is 0 Å². The average Bonchev–Trinajstić information content (AvgIpc) is 2.46. The summed E-state index contributed by atoms with van der Waals surface area (Å²) >= 11 is 0. The lowest BCUT2D eigenvalue weighted by atomic mass is 10.2. The first-order chi connectivity index (χ1) is 10.5. The number of hydrogen-bond acceptors (Lipinski definition) is 3. The minimum absolute atomic E-state index is 0.0272. The van der Waals surface area contributed by atoms with Crippen LogP contribution in [-0.2, 0) is 16.1 Å². The number of rotatable bonds is 10. The van der Waals surface area contributed by atoms with Crippen molar-refractivity contribution in [3.8, 4) is 0 Å². The number of benzene rings is 1. The van der Waals surface area contributed by atoms with Crippen LogP contribution in [0.15, 0.2) is 30.3 Å². The van der Waals surface area contributed by atoms with Crippen LogP contribution in [0.5, 0.6) is 0 Å². The van der Waals surface area contributed by atoms with Gasteiger partial charge in [-0.15, -0.1) is 0 Å². The third-order valence-corrected chi connectivity index (χ3v) is 3.42. The third-order valence-electron chi connectivity index (χ3n) is 3.42. The van der Waals surface area contributed by atoms with Gasteiger partial charge >= 0.3 is 0 Å². The van der Waals surface area contributed by atoms with E-state index >= 15 is 0 Å². The number of carbonyl (C=O) groups is 1. The van der Waals surface area contributed by atoms with E-state index in [0.717, 1.165) is 25.1 Å². The maximum absolute atomic E-state index is 12.0. The molecule has 0 aromatic heterocycles. The first kappa shape index (κ1) is 18.7. The lowest BCUT2D eigenvalue weighted by molar-refractivity contribution is -0.135. The summed E-state index contributed by atoms with van der Waals surface area (Å²) in [6.45, 7) is 7.96. The number of carbonyl (C=O) groups excluding carboxylic acids is 1. The Hall–Kier alpha value is -1.39. The molecule has 0 saturated heterocycles. The molecule has 1 amide bonds. The first-order valence-corrected chi connectivity index (χ1v) is 8.03. The number of hydrogen-bond donors (Lipinski definition) is 0. The van der Waals surface area contributed by atoms with Crippen molar-refractivity contribution < 1.29 is 9.53 Å². The van der Waals surface area contributed by atoms with Gasteiger partial charge in [0.2, 0.25) is 5.91 Å². The molecule has 0 aliphatic carbocycles. The Morgan fingerprint density at radius 2 is 1.86 bits per heavy atom. The Bertz CT molecular complexity index is 420. The monoisotopic (exact) mass is 306 g/mol. The van der Waals surface area contributed by atoms with Gasteiger partial charge in [0, 0.05) is 33.3 Å². The molecule has 124 valence electrons. The Morgan fingerprint density at radius 3 is 2.50 bits per heavy atom. The summed E-state index contributed by atoms with van der Waals surface area (Å²) in [7, 11) is 3.94.